The van der Waals surface area contributed by atoms with Crippen molar-refractivity contribution in [3.05, 3.63) is 35.4 Å². The molecule has 0 saturated carbocycles. The van der Waals surface area contributed by atoms with Gasteiger partial charge in [-0.15, -0.1) is 0 Å². The highest BCUT2D eigenvalue weighted by Crippen LogP contribution is 2.19. The van der Waals surface area contributed by atoms with Crippen LogP contribution in [-0.4, -0.2) is 48.9 Å². The van der Waals surface area contributed by atoms with Gasteiger partial charge in [0.2, 0.25) is 11.8 Å². The normalized spacial score (nSPS) is 22.7. The highest BCUT2D eigenvalue weighted by Gasteiger charge is 2.26. The first-order valence-electron chi connectivity index (χ1n) is 9.76. The highest BCUT2D eigenvalue weighted by molar-refractivity contribution is 5.82. The molecule has 7 heteroatoms. The Bertz CT molecular complexity index is 677. The maximum atomic E-state index is 13.7. The van der Waals surface area contributed by atoms with E-state index in [0.717, 1.165) is 38.3 Å². The van der Waals surface area contributed by atoms with Gasteiger partial charge in [0.15, 0.2) is 11.6 Å². The molecular weight excluding hydrogens is 352 g/mol. The molecule has 2 saturated heterocycles. The van der Waals surface area contributed by atoms with Crippen LogP contribution in [0.2, 0.25) is 0 Å². The zero-order valence-corrected chi connectivity index (χ0v) is 15.5. The van der Waals surface area contributed by atoms with Gasteiger partial charge in [-0.25, -0.2) is 8.78 Å². The van der Waals surface area contributed by atoms with Gasteiger partial charge < -0.3 is 15.5 Å². The Balaban J connectivity index is 1.44. The lowest BCUT2D eigenvalue weighted by Gasteiger charge is -2.33. The minimum atomic E-state index is -0.884. The first kappa shape index (κ1) is 19.7. The van der Waals surface area contributed by atoms with Crippen LogP contribution in [0.1, 0.15) is 37.7 Å². The third-order valence-corrected chi connectivity index (χ3v) is 5.45. The topological polar surface area (TPSA) is 61.4 Å². The summed E-state index contributed by atoms with van der Waals surface area (Å²) in [4.78, 5) is 26.4. The zero-order chi connectivity index (χ0) is 19.2. The SMILES string of the molecule is O=C(NCC1CCCN(C(=O)CCc2cccc(F)c2F)C1)C1CCCN1. The number of hydrogen-bond donors (Lipinski definition) is 2. The number of nitrogens with one attached hydrogen (secondary N) is 2. The zero-order valence-electron chi connectivity index (χ0n) is 15.5. The van der Waals surface area contributed by atoms with E-state index < -0.39 is 11.6 Å². The number of nitrogens with zero attached hydrogens (tertiary/aromatic N) is 1. The lowest BCUT2D eigenvalue weighted by atomic mass is 9.97. The van der Waals surface area contributed by atoms with E-state index in [0.29, 0.717) is 19.6 Å². The monoisotopic (exact) mass is 379 g/mol. The van der Waals surface area contributed by atoms with Crippen molar-refractivity contribution >= 4 is 11.8 Å². The van der Waals surface area contributed by atoms with Gasteiger partial charge in [0.05, 0.1) is 6.04 Å². The van der Waals surface area contributed by atoms with Gasteiger partial charge in [-0.3, -0.25) is 9.59 Å². The van der Waals surface area contributed by atoms with Crippen LogP contribution in [0, 0.1) is 17.6 Å². The van der Waals surface area contributed by atoms with Crippen LogP contribution in [0.25, 0.3) is 0 Å². The van der Waals surface area contributed by atoms with E-state index in [1.165, 1.54) is 12.1 Å². The van der Waals surface area contributed by atoms with E-state index in [1.54, 1.807) is 4.90 Å². The number of piperidine rings is 1. The molecule has 5 nitrogen and oxygen atoms in total. The fraction of sp³-hybridized carbons (Fsp3) is 0.600. The summed E-state index contributed by atoms with van der Waals surface area (Å²) in [5.74, 6) is -1.53. The fourth-order valence-corrected chi connectivity index (χ4v) is 3.88. The van der Waals surface area contributed by atoms with Gasteiger partial charge in [-0.1, -0.05) is 12.1 Å². The standard InChI is InChI=1S/C20H27F2N3O2/c21-16-6-1-5-15(19(16)22)8-9-18(26)25-11-3-4-14(13-25)12-24-20(27)17-7-2-10-23-17/h1,5-6,14,17,23H,2-4,7-13H2,(H,24,27). The number of amides is 2. The number of aryl methyl sites for hydroxylation is 1. The summed E-state index contributed by atoms with van der Waals surface area (Å²) in [6, 6.07) is 3.95. The van der Waals surface area contributed by atoms with Crippen LogP contribution in [0.4, 0.5) is 8.78 Å². The molecule has 2 heterocycles. The predicted molar refractivity (Wildman–Crippen MR) is 98.0 cm³/mol. The van der Waals surface area contributed by atoms with Crippen LogP contribution in [0.3, 0.4) is 0 Å². The van der Waals surface area contributed by atoms with E-state index in [-0.39, 0.29) is 42.2 Å². The van der Waals surface area contributed by atoms with Gasteiger partial charge in [0, 0.05) is 26.1 Å². The van der Waals surface area contributed by atoms with Gasteiger partial charge >= 0.3 is 0 Å². The van der Waals surface area contributed by atoms with Crippen LogP contribution < -0.4 is 10.6 Å². The van der Waals surface area contributed by atoms with Crippen molar-refractivity contribution in [2.24, 2.45) is 5.92 Å². The number of rotatable bonds is 6. The maximum absolute atomic E-state index is 13.7. The smallest absolute Gasteiger partial charge is 0.237 e. The molecule has 148 valence electrons. The third kappa shape index (κ3) is 5.25. The molecule has 27 heavy (non-hydrogen) atoms. The number of carbonyl (C=O) groups is 2. The second kappa shape index (κ2) is 9.26. The molecule has 2 aliphatic heterocycles. The molecule has 2 fully saturated rings. The van der Waals surface area contributed by atoms with E-state index in [1.807, 2.05) is 0 Å². The Morgan fingerprint density at radius 3 is 2.85 bits per heavy atom. The lowest BCUT2D eigenvalue weighted by Crippen LogP contribution is -2.46. The molecule has 2 aliphatic rings. The minimum absolute atomic E-state index is 0.0394. The summed E-state index contributed by atoms with van der Waals surface area (Å²) < 4.78 is 27.0. The summed E-state index contributed by atoms with van der Waals surface area (Å²) in [5, 5.41) is 6.17. The van der Waals surface area contributed by atoms with Crippen LogP contribution >= 0.6 is 0 Å². The molecule has 0 spiro atoms. The molecule has 1 aromatic rings. The Hall–Kier alpha value is -2.02. The maximum Gasteiger partial charge on any atom is 0.237 e. The summed E-state index contributed by atoms with van der Waals surface area (Å²) in [6.07, 6.45) is 4.11. The number of carbonyl (C=O) groups excluding carboxylic acids is 2. The van der Waals surface area contributed by atoms with Crippen molar-refractivity contribution in [3.8, 4) is 0 Å². The van der Waals surface area contributed by atoms with Gasteiger partial charge in [0.1, 0.15) is 0 Å². The highest BCUT2D eigenvalue weighted by atomic mass is 19.2. The summed E-state index contributed by atoms with van der Waals surface area (Å²) in [7, 11) is 0. The Morgan fingerprint density at radius 1 is 1.22 bits per heavy atom. The Kier molecular flexibility index (Phi) is 6.77. The van der Waals surface area contributed by atoms with Crippen molar-refractivity contribution in [1.29, 1.82) is 0 Å². The van der Waals surface area contributed by atoms with Crippen molar-refractivity contribution in [3.63, 3.8) is 0 Å². The molecule has 2 N–H and O–H groups in total. The molecule has 0 bridgehead atoms. The Morgan fingerprint density at radius 2 is 2.07 bits per heavy atom. The molecule has 2 unspecified atom stereocenters. The molecule has 3 rings (SSSR count). The lowest BCUT2D eigenvalue weighted by molar-refractivity contribution is -0.132. The minimum Gasteiger partial charge on any atom is -0.354 e. The van der Waals surface area contributed by atoms with Gasteiger partial charge in [-0.2, -0.15) is 0 Å². The Labute approximate surface area is 158 Å². The van der Waals surface area contributed by atoms with Crippen molar-refractivity contribution < 1.29 is 18.4 Å². The van der Waals surface area contributed by atoms with Crippen molar-refractivity contribution in [1.82, 2.24) is 15.5 Å². The van der Waals surface area contributed by atoms with Gasteiger partial charge in [0.25, 0.3) is 0 Å². The average molecular weight is 379 g/mol. The third-order valence-electron chi connectivity index (χ3n) is 5.45. The average Bonchev–Trinajstić information content (AvgIpc) is 3.22. The molecule has 2 amide bonds. The largest absolute Gasteiger partial charge is 0.354 e. The first-order valence-corrected chi connectivity index (χ1v) is 9.76. The van der Waals surface area contributed by atoms with E-state index >= 15 is 0 Å². The summed E-state index contributed by atoms with van der Waals surface area (Å²) in [5.41, 5.74) is 0.230. The molecule has 1 aromatic carbocycles. The second-order valence-corrected chi connectivity index (χ2v) is 7.46. The number of benzene rings is 1. The molecule has 2 atom stereocenters. The van der Waals surface area contributed by atoms with Crippen LogP contribution in [0.5, 0.6) is 0 Å². The van der Waals surface area contributed by atoms with Crippen LogP contribution in [0.15, 0.2) is 18.2 Å². The summed E-state index contributed by atoms with van der Waals surface area (Å²) >= 11 is 0. The number of halogens is 2. The van der Waals surface area contributed by atoms with E-state index in [2.05, 4.69) is 10.6 Å². The first-order chi connectivity index (χ1) is 13.0. The van der Waals surface area contributed by atoms with Crippen LogP contribution in [-0.2, 0) is 16.0 Å². The quantitative estimate of drug-likeness (QED) is 0.795. The van der Waals surface area contributed by atoms with E-state index in [4.69, 9.17) is 0 Å². The van der Waals surface area contributed by atoms with Crippen molar-refractivity contribution in [2.75, 3.05) is 26.2 Å². The molecule has 0 radical (unpaired) electrons. The molecule has 0 aromatic heterocycles. The van der Waals surface area contributed by atoms with Gasteiger partial charge in [-0.05, 0) is 56.2 Å². The number of hydrogen-bond acceptors (Lipinski definition) is 3. The molecule has 0 aliphatic carbocycles. The second-order valence-electron chi connectivity index (χ2n) is 7.46. The fourth-order valence-electron chi connectivity index (χ4n) is 3.88. The van der Waals surface area contributed by atoms with Crippen molar-refractivity contribution in [2.45, 2.75) is 44.6 Å². The summed E-state index contributed by atoms with van der Waals surface area (Å²) in [6.45, 7) is 2.73. The molecular formula is C20H27F2N3O2. The number of likely N-dealkylation sites (tertiary alicyclic amines) is 1. The predicted octanol–water partition coefficient (Wildman–Crippen LogP) is 2.00. The van der Waals surface area contributed by atoms with E-state index in [9.17, 15) is 18.4 Å².